The highest BCUT2D eigenvalue weighted by molar-refractivity contribution is 5.91. The normalized spacial score (nSPS) is 10.2. The number of hydrogen-bond acceptors (Lipinski definition) is 2. The van der Waals surface area contributed by atoms with Crippen molar-refractivity contribution in [1.29, 1.82) is 0 Å². The maximum atomic E-state index is 12.1. The molecule has 0 aliphatic carbocycles. The molecule has 21 heavy (non-hydrogen) atoms. The Hall–Kier alpha value is -2.36. The number of rotatable bonds is 5. The zero-order chi connectivity index (χ0) is 15.1. The summed E-state index contributed by atoms with van der Waals surface area (Å²) < 4.78 is 0. The van der Waals surface area contributed by atoms with Gasteiger partial charge >= 0.3 is 6.03 Å². The van der Waals surface area contributed by atoms with Crippen LogP contribution in [0.25, 0.3) is 0 Å². The van der Waals surface area contributed by atoms with E-state index in [1.807, 2.05) is 18.2 Å². The van der Waals surface area contributed by atoms with Crippen LogP contribution in [0.4, 0.5) is 10.5 Å². The topological polar surface area (TPSA) is 54.0 Å². The van der Waals surface area contributed by atoms with E-state index < -0.39 is 0 Å². The van der Waals surface area contributed by atoms with Gasteiger partial charge in [0.1, 0.15) is 0 Å². The van der Waals surface area contributed by atoms with Gasteiger partial charge in [0, 0.05) is 24.6 Å². The van der Waals surface area contributed by atoms with Crippen LogP contribution in [0.2, 0.25) is 0 Å². The standard InChI is InChI=1S/C17H21N3O/c1-3-14-8-5-9-15(4-2)16(14)20-17(21)19-12-13-7-6-10-18-11-13/h5-11H,3-4,12H2,1-2H3,(H2,19,20,21). The summed E-state index contributed by atoms with van der Waals surface area (Å²) in [4.78, 5) is 16.1. The first-order valence-electron chi connectivity index (χ1n) is 7.29. The van der Waals surface area contributed by atoms with Gasteiger partial charge in [-0.25, -0.2) is 4.79 Å². The average Bonchev–Trinajstić information content (AvgIpc) is 2.54. The molecule has 0 fully saturated rings. The monoisotopic (exact) mass is 283 g/mol. The van der Waals surface area contributed by atoms with E-state index in [1.165, 1.54) is 0 Å². The highest BCUT2D eigenvalue weighted by Crippen LogP contribution is 2.22. The second-order valence-electron chi connectivity index (χ2n) is 4.83. The molecule has 2 aromatic rings. The molecule has 0 saturated heterocycles. The molecular weight excluding hydrogens is 262 g/mol. The Kier molecular flexibility index (Phi) is 5.32. The van der Waals surface area contributed by atoms with Crippen LogP contribution in [0.15, 0.2) is 42.7 Å². The fourth-order valence-corrected chi connectivity index (χ4v) is 2.25. The van der Waals surface area contributed by atoms with E-state index in [2.05, 4.69) is 41.6 Å². The molecule has 2 rings (SSSR count). The lowest BCUT2D eigenvalue weighted by Crippen LogP contribution is -2.29. The maximum absolute atomic E-state index is 12.1. The number of pyridine rings is 1. The zero-order valence-electron chi connectivity index (χ0n) is 12.5. The van der Waals surface area contributed by atoms with Gasteiger partial charge in [0.05, 0.1) is 0 Å². The Labute approximate surface area is 125 Å². The lowest BCUT2D eigenvalue weighted by Gasteiger charge is -2.15. The molecule has 0 bridgehead atoms. The highest BCUT2D eigenvalue weighted by Gasteiger charge is 2.09. The summed E-state index contributed by atoms with van der Waals surface area (Å²) in [6.07, 6.45) is 5.25. The van der Waals surface area contributed by atoms with Crippen LogP contribution in [0, 0.1) is 0 Å². The number of benzene rings is 1. The van der Waals surface area contributed by atoms with Gasteiger partial charge < -0.3 is 10.6 Å². The van der Waals surface area contributed by atoms with Crippen LogP contribution in [-0.4, -0.2) is 11.0 Å². The minimum atomic E-state index is -0.186. The predicted molar refractivity (Wildman–Crippen MR) is 85.3 cm³/mol. The number of hydrogen-bond donors (Lipinski definition) is 2. The van der Waals surface area contributed by atoms with Crippen LogP contribution >= 0.6 is 0 Å². The van der Waals surface area contributed by atoms with E-state index in [9.17, 15) is 4.79 Å². The predicted octanol–water partition coefficient (Wildman–Crippen LogP) is 3.53. The second-order valence-corrected chi connectivity index (χ2v) is 4.83. The minimum absolute atomic E-state index is 0.186. The van der Waals surface area contributed by atoms with Crippen molar-refractivity contribution in [3.8, 4) is 0 Å². The highest BCUT2D eigenvalue weighted by atomic mass is 16.2. The zero-order valence-corrected chi connectivity index (χ0v) is 12.5. The third-order valence-electron chi connectivity index (χ3n) is 3.41. The van der Waals surface area contributed by atoms with Gasteiger partial charge in [-0.1, -0.05) is 38.1 Å². The SMILES string of the molecule is CCc1cccc(CC)c1NC(=O)NCc1cccnc1. The number of urea groups is 1. The van der Waals surface area contributed by atoms with Crippen LogP contribution in [-0.2, 0) is 19.4 Å². The molecule has 0 atom stereocenters. The first kappa shape index (κ1) is 15.0. The molecule has 2 amide bonds. The summed E-state index contributed by atoms with van der Waals surface area (Å²) in [7, 11) is 0. The Balaban J connectivity index is 2.02. The number of carbonyl (C=O) groups is 1. The second kappa shape index (κ2) is 7.43. The van der Waals surface area contributed by atoms with Crippen molar-refractivity contribution in [3.63, 3.8) is 0 Å². The van der Waals surface area contributed by atoms with Crippen LogP contribution in [0.1, 0.15) is 30.5 Å². The quantitative estimate of drug-likeness (QED) is 0.882. The van der Waals surface area contributed by atoms with Crippen molar-refractivity contribution >= 4 is 11.7 Å². The third kappa shape index (κ3) is 4.05. The van der Waals surface area contributed by atoms with E-state index >= 15 is 0 Å². The fourth-order valence-electron chi connectivity index (χ4n) is 2.25. The number of carbonyl (C=O) groups excluding carboxylic acids is 1. The van der Waals surface area contributed by atoms with E-state index in [0.717, 1.165) is 35.2 Å². The number of nitrogens with zero attached hydrogens (tertiary/aromatic N) is 1. The minimum Gasteiger partial charge on any atom is -0.334 e. The maximum Gasteiger partial charge on any atom is 0.319 e. The summed E-state index contributed by atoms with van der Waals surface area (Å²) >= 11 is 0. The summed E-state index contributed by atoms with van der Waals surface area (Å²) in [6.45, 7) is 4.65. The number of amides is 2. The van der Waals surface area contributed by atoms with Gasteiger partial charge in [-0.2, -0.15) is 0 Å². The number of aromatic nitrogens is 1. The summed E-state index contributed by atoms with van der Waals surface area (Å²) in [6, 6.07) is 9.75. The van der Waals surface area contributed by atoms with E-state index in [-0.39, 0.29) is 6.03 Å². The van der Waals surface area contributed by atoms with Gasteiger partial charge in [0.25, 0.3) is 0 Å². The van der Waals surface area contributed by atoms with Crippen LogP contribution in [0.3, 0.4) is 0 Å². The Morgan fingerprint density at radius 1 is 1.10 bits per heavy atom. The molecular formula is C17H21N3O. The van der Waals surface area contributed by atoms with Crippen molar-refractivity contribution < 1.29 is 4.79 Å². The molecule has 0 spiro atoms. The molecule has 0 aliphatic rings. The fraction of sp³-hybridized carbons (Fsp3) is 0.294. The molecule has 0 radical (unpaired) electrons. The molecule has 4 heteroatoms. The largest absolute Gasteiger partial charge is 0.334 e. The van der Waals surface area contributed by atoms with Crippen molar-refractivity contribution in [2.24, 2.45) is 0 Å². The molecule has 2 N–H and O–H groups in total. The van der Waals surface area contributed by atoms with E-state index in [4.69, 9.17) is 0 Å². The number of aryl methyl sites for hydroxylation is 2. The first-order valence-corrected chi connectivity index (χ1v) is 7.29. The van der Waals surface area contributed by atoms with E-state index in [1.54, 1.807) is 12.4 Å². The van der Waals surface area contributed by atoms with Crippen molar-refractivity contribution in [2.75, 3.05) is 5.32 Å². The smallest absolute Gasteiger partial charge is 0.319 e. The molecule has 0 saturated carbocycles. The lowest BCUT2D eigenvalue weighted by atomic mass is 10.0. The number of nitrogens with one attached hydrogen (secondary N) is 2. The van der Waals surface area contributed by atoms with Gasteiger partial charge in [-0.15, -0.1) is 0 Å². The summed E-state index contributed by atoms with van der Waals surface area (Å²) in [5.41, 5.74) is 4.23. The van der Waals surface area contributed by atoms with Crippen LogP contribution in [0.5, 0.6) is 0 Å². The average molecular weight is 283 g/mol. The Morgan fingerprint density at radius 2 is 1.81 bits per heavy atom. The molecule has 0 unspecified atom stereocenters. The van der Waals surface area contributed by atoms with Crippen molar-refractivity contribution in [3.05, 3.63) is 59.4 Å². The first-order chi connectivity index (χ1) is 10.2. The summed E-state index contributed by atoms with van der Waals surface area (Å²) in [5.74, 6) is 0. The molecule has 110 valence electrons. The molecule has 1 aromatic carbocycles. The molecule has 1 heterocycles. The van der Waals surface area contributed by atoms with Crippen LogP contribution < -0.4 is 10.6 Å². The molecule has 4 nitrogen and oxygen atoms in total. The Morgan fingerprint density at radius 3 is 2.38 bits per heavy atom. The summed E-state index contributed by atoms with van der Waals surface area (Å²) in [5, 5.41) is 5.84. The number of para-hydroxylation sites is 1. The third-order valence-corrected chi connectivity index (χ3v) is 3.41. The number of anilines is 1. The van der Waals surface area contributed by atoms with Gasteiger partial charge in [0.2, 0.25) is 0 Å². The van der Waals surface area contributed by atoms with Gasteiger partial charge in [-0.3, -0.25) is 4.98 Å². The Bertz CT molecular complexity index is 574. The van der Waals surface area contributed by atoms with E-state index in [0.29, 0.717) is 6.54 Å². The van der Waals surface area contributed by atoms with Crippen molar-refractivity contribution in [1.82, 2.24) is 10.3 Å². The molecule has 0 aliphatic heterocycles. The van der Waals surface area contributed by atoms with Crippen molar-refractivity contribution in [2.45, 2.75) is 33.2 Å². The lowest BCUT2D eigenvalue weighted by molar-refractivity contribution is 0.251. The molecule has 1 aromatic heterocycles. The van der Waals surface area contributed by atoms with Gasteiger partial charge in [-0.05, 0) is 35.6 Å². The van der Waals surface area contributed by atoms with Gasteiger partial charge in [0.15, 0.2) is 0 Å².